The Kier molecular flexibility index (Phi) is 4.83. The Morgan fingerprint density at radius 3 is 2.79 bits per heavy atom. The highest BCUT2D eigenvalue weighted by molar-refractivity contribution is 5.53. The van der Waals surface area contributed by atoms with Crippen molar-refractivity contribution in [1.29, 1.82) is 0 Å². The lowest BCUT2D eigenvalue weighted by Gasteiger charge is -2.29. The zero-order valence-electron chi connectivity index (χ0n) is 14.2. The van der Waals surface area contributed by atoms with Gasteiger partial charge in [-0.3, -0.25) is 4.98 Å². The van der Waals surface area contributed by atoms with Crippen molar-refractivity contribution in [1.82, 2.24) is 20.3 Å². The summed E-state index contributed by atoms with van der Waals surface area (Å²) in [5.41, 5.74) is 3.53. The van der Waals surface area contributed by atoms with E-state index in [2.05, 4.69) is 15.3 Å². The van der Waals surface area contributed by atoms with E-state index in [-0.39, 0.29) is 0 Å². The molecule has 0 bridgehead atoms. The second-order valence-corrected chi connectivity index (χ2v) is 7.19. The fourth-order valence-corrected chi connectivity index (χ4v) is 4.09. The van der Waals surface area contributed by atoms with Crippen LogP contribution >= 0.6 is 0 Å². The van der Waals surface area contributed by atoms with Crippen LogP contribution in [-0.4, -0.2) is 21.5 Å². The first-order valence-corrected chi connectivity index (χ1v) is 9.40. The number of hydrogen-bond donors (Lipinski definition) is 1. The quantitative estimate of drug-likeness (QED) is 0.921. The van der Waals surface area contributed by atoms with E-state index in [0.29, 0.717) is 6.04 Å². The van der Waals surface area contributed by atoms with Gasteiger partial charge >= 0.3 is 0 Å². The molecule has 24 heavy (non-hydrogen) atoms. The van der Waals surface area contributed by atoms with Gasteiger partial charge in [0.1, 0.15) is 0 Å². The SMILES string of the molecule is c1cncc(-c2ncc3c(n2)CCCC3NCC2CCCCC2)c1. The molecule has 0 radical (unpaired) electrons. The third kappa shape index (κ3) is 3.48. The van der Waals surface area contributed by atoms with Gasteiger partial charge in [0, 0.05) is 41.5 Å². The van der Waals surface area contributed by atoms with Gasteiger partial charge in [0.15, 0.2) is 5.82 Å². The lowest BCUT2D eigenvalue weighted by molar-refractivity contribution is 0.318. The summed E-state index contributed by atoms with van der Waals surface area (Å²) in [5.74, 6) is 1.66. The highest BCUT2D eigenvalue weighted by atomic mass is 15.0. The second kappa shape index (κ2) is 7.39. The first kappa shape index (κ1) is 15.7. The number of nitrogens with one attached hydrogen (secondary N) is 1. The van der Waals surface area contributed by atoms with Crippen molar-refractivity contribution < 1.29 is 0 Å². The summed E-state index contributed by atoms with van der Waals surface area (Å²) < 4.78 is 0. The van der Waals surface area contributed by atoms with Crippen LogP contribution in [-0.2, 0) is 6.42 Å². The summed E-state index contributed by atoms with van der Waals surface area (Å²) in [4.78, 5) is 13.6. The molecule has 4 rings (SSSR count). The van der Waals surface area contributed by atoms with Crippen molar-refractivity contribution in [2.24, 2.45) is 5.92 Å². The molecule has 0 aliphatic heterocycles. The Hall–Kier alpha value is -1.81. The van der Waals surface area contributed by atoms with Crippen molar-refractivity contribution >= 4 is 0 Å². The summed E-state index contributed by atoms with van der Waals surface area (Å²) >= 11 is 0. The van der Waals surface area contributed by atoms with Crippen LogP contribution in [0, 0.1) is 5.92 Å². The van der Waals surface area contributed by atoms with Crippen LogP contribution in [0.15, 0.2) is 30.7 Å². The van der Waals surface area contributed by atoms with Crippen LogP contribution in [0.5, 0.6) is 0 Å². The maximum atomic E-state index is 4.84. The minimum absolute atomic E-state index is 0.429. The zero-order valence-corrected chi connectivity index (χ0v) is 14.2. The number of pyridine rings is 1. The van der Waals surface area contributed by atoms with E-state index in [1.54, 1.807) is 6.20 Å². The third-order valence-corrected chi connectivity index (χ3v) is 5.48. The van der Waals surface area contributed by atoms with Gasteiger partial charge in [-0.1, -0.05) is 19.3 Å². The smallest absolute Gasteiger partial charge is 0.160 e. The molecule has 0 spiro atoms. The summed E-state index contributed by atoms with van der Waals surface area (Å²) in [5, 5.41) is 3.81. The Balaban J connectivity index is 1.48. The fourth-order valence-electron chi connectivity index (χ4n) is 4.09. The molecule has 2 heterocycles. The Labute approximate surface area is 144 Å². The van der Waals surface area contributed by atoms with Crippen molar-refractivity contribution in [2.45, 2.75) is 57.4 Å². The average Bonchev–Trinajstić information content (AvgIpc) is 2.67. The molecular weight excluding hydrogens is 296 g/mol. The largest absolute Gasteiger partial charge is 0.310 e. The van der Waals surface area contributed by atoms with Gasteiger partial charge in [0.05, 0.1) is 0 Å². The summed E-state index contributed by atoms with van der Waals surface area (Å²) in [6.07, 6.45) is 16.2. The van der Waals surface area contributed by atoms with Crippen LogP contribution < -0.4 is 5.32 Å². The van der Waals surface area contributed by atoms with E-state index in [4.69, 9.17) is 4.98 Å². The van der Waals surface area contributed by atoms with Crippen LogP contribution in [0.1, 0.15) is 62.2 Å². The van der Waals surface area contributed by atoms with Gasteiger partial charge in [-0.2, -0.15) is 0 Å². The molecule has 1 unspecified atom stereocenters. The highest BCUT2D eigenvalue weighted by Crippen LogP contribution is 2.30. The molecule has 2 aliphatic carbocycles. The second-order valence-electron chi connectivity index (χ2n) is 7.19. The molecule has 126 valence electrons. The van der Waals surface area contributed by atoms with E-state index in [9.17, 15) is 0 Å². The summed E-state index contributed by atoms with van der Waals surface area (Å²) in [7, 11) is 0. The first-order valence-electron chi connectivity index (χ1n) is 9.40. The molecule has 1 atom stereocenters. The number of nitrogens with zero attached hydrogens (tertiary/aromatic N) is 3. The molecule has 1 N–H and O–H groups in total. The highest BCUT2D eigenvalue weighted by Gasteiger charge is 2.23. The molecule has 1 fully saturated rings. The maximum absolute atomic E-state index is 4.84. The monoisotopic (exact) mass is 322 g/mol. The van der Waals surface area contributed by atoms with Crippen LogP contribution in [0.3, 0.4) is 0 Å². The van der Waals surface area contributed by atoms with Gasteiger partial charge in [-0.25, -0.2) is 9.97 Å². The van der Waals surface area contributed by atoms with Crippen molar-refractivity contribution in [2.75, 3.05) is 6.54 Å². The third-order valence-electron chi connectivity index (χ3n) is 5.48. The molecule has 4 nitrogen and oxygen atoms in total. The number of hydrogen-bond acceptors (Lipinski definition) is 4. The van der Waals surface area contributed by atoms with E-state index >= 15 is 0 Å². The fraction of sp³-hybridized carbons (Fsp3) is 0.550. The standard InChI is InChI=1S/C20H26N4/c1-2-6-15(7-3-1)12-22-18-9-4-10-19-17(18)14-23-20(24-19)16-8-5-11-21-13-16/h5,8,11,13-15,18,22H,1-4,6-7,9-10,12H2. The molecule has 0 aromatic carbocycles. The molecule has 2 aromatic heterocycles. The molecule has 2 aromatic rings. The number of fused-ring (bicyclic) bond motifs is 1. The van der Waals surface area contributed by atoms with E-state index in [1.165, 1.54) is 56.2 Å². The van der Waals surface area contributed by atoms with Crippen LogP contribution in [0.4, 0.5) is 0 Å². The minimum Gasteiger partial charge on any atom is -0.310 e. The lowest BCUT2D eigenvalue weighted by Crippen LogP contribution is -2.31. The molecule has 0 saturated heterocycles. The van der Waals surface area contributed by atoms with E-state index in [1.807, 2.05) is 24.5 Å². The zero-order chi connectivity index (χ0) is 16.2. The molecule has 1 saturated carbocycles. The molecule has 0 amide bonds. The van der Waals surface area contributed by atoms with Gasteiger partial charge in [0.2, 0.25) is 0 Å². The predicted octanol–water partition coefficient (Wildman–Crippen LogP) is 4.09. The summed E-state index contributed by atoms with van der Waals surface area (Å²) in [6.45, 7) is 1.15. The number of rotatable bonds is 4. The van der Waals surface area contributed by atoms with Gasteiger partial charge < -0.3 is 5.32 Å². The topological polar surface area (TPSA) is 50.7 Å². The lowest BCUT2D eigenvalue weighted by atomic mass is 9.87. The van der Waals surface area contributed by atoms with E-state index in [0.717, 1.165) is 30.3 Å². The van der Waals surface area contributed by atoms with Gasteiger partial charge in [0.25, 0.3) is 0 Å². The molecule has 4 heteroatoms. The Morgan fingerprint density at radius 1 is 1.04 bits per heavy atom. The van der Waals surface area contributed by atoms with E-state index < -0.39 is 0 Å². The number of aryl methyl sites for hydroxylation is 1. The molecular formula is C20H26N4. The number of aromatic nitrogens is 3. The normalized spacial score (nSPS) is 21.4. The van der Waals surface area contributed by atoms with Crippen molar-refractivity contribution in [3.8, 4) is 11.4 Å². The first-order chi connectivity index (χ1) is 11.9. The van der Waals surface area contributed by atoms with Crippen LogP contribution in [0.25, 0.3) is 11.4 Å². The van der Waals surface area contributed by atoms with Crippen LogP contribution in [0.2, 0.25) is 0 Å². The minimum atomic E-state index is 0.429. The summed E-state index contributed by atoms with van der Waals surface area (Å²) in [6, 6.07) is 4.39. The maximum Gasteiger partial charge on any atom is 0.160 e. The Bertz CT molecular complexity index is 665. The average molecular weight is 322 g/mol. The van der Waals surface area contributed by atoms with Crippen molar-refractivity contribution in [3.05, 3.63) is 42.0 Å². The predicted molar refractivity (Wildman–Crippen MR) is 95.5 cm³/mol. The van der Waals surface area contributed by atoms with Gasteiger partial charge in [-0.15, -0.1) is 0 Å². The van der Waals surface area contributed by atoms with Gasteiger partial charge in [-0.05, 0) is 56.7 Å². The van der Waals surface area contributed by atoms with Crippen molar-refractivity contribution in [3.63, 3.8) is 0 Å². The Morgan fingerprint density at radius 2 is 1.96 bits per heavy atom. The molecule has 2 aliphatic rings.